The van der Waals surface area contributed by atoms with Gasteiger partial charge >= 0.3 is 0 Å². The Morgan fingerprint density at radius 3 is 2.40 bits per heavy atom. The van der Waals surface area contributed by atoms with Crippen molar-refractivity contribution in [3.05, 3.63) is 23.5 Å². The lowest BCUT2D eigenvalue weighted by molar-refractivity contribution is 0.479. The van der Waals surface area contributed by atoms with Gasteiger partial charge in [0, 0.05) is 23.1 Å². The van der Waals surface area contributed by atoms with Crippen molar-refractivity contribution in [2.45, 2.75) is 32.7 Å². The zero-order valence-electron chi connectivity index (χ0n) is 9.51. The molecular formula is C12H19N3. The molecule has 0 aliphatic carbocycles. The number of pyridine rings is 1. The minimum atomic E-state index is 0.618. The third-order valence-electron chi connectivity index (χ3n) is 2.79. The van der Waals surface area contributed by atoms with Crippen molar-refractivity contribution in [1.29, 1.82) is 0 Å². The Bertz CT molecular complexity index is 309. The Balaban J connectivity index is 2.02. The fourth-order valence-corrected chi connectivity index (χ4v) is 2.12. The number of piperidine rings is 1. The molecule has 1 aromatic rings. The van der Waals surface area contributed by atoms with E-state index in [0.29, 0.717) is 6.04 Å². The maximum Gasteiger partial charge on any atom is 0.0396 e. The van der Waals surface area contributed by atoms with Gasteiger partial charge in [-0.15, -0.1) is 0 Å². The average Bonchev–Trinajstić information content (AvgIpc) is 2.17. The SMILES string of the molecule is Cc1cc(NC2CCNCC2)cc(C)n1. The highest BCUT2D eigenvalue weighted by Crippen LogP contribution is 2.15. The predicted molar refractivity (Wildman–Crippen MR) is 63.2 cm³/mol. The van der Waals surface area contributed by atoms with Gasteiger partial charge in [-0.25, -0.2) is 0 Å². The molecule has 3 heteroatoms. The van der Waals surface area contributed by atoms with E-state index < -0.39 is 0 Å². The number of hydrogen-bond donors (Lipinski definition) is 2. The van der Waals surface area contributed by atoms with Crippen LogP contribution in [-0.2, 0) is 0 Å². The molecule has 15 heavy (non-hydrogen) atoms. The van der Waals surface area contributed by atoms with E-state index in [9.17, 15) is 0 Å². The fraction of sp³-hybridized carbons (Fsp3) is 0.583. The van der Waals surface area contributed by atoms with E-state index in [2.05, 4.69) is 27.8 Å². The summed E-state index contributed by atoms with van der Waals surface area (Å²) in [6.45, 7) is 6.34. The molecule has 2 N–H and O–H groups in total. The van der Waals surface area contributed by atoms with Crippen molar-refractivity contribution in [3.63, 3.8) is 0 Å². The first-order chi connectivity index (χ1) is 7.24. The summed E-state index contributed by atoms with van der Waals surface area (Å²) in [5.41, 5.74) is 3.39. The standard InChI is InChI=1S/C12H19N3/c1-9-7-12(8-10(2)14-9)15-11-3-5-13-6-4-11/h7-8,11,13H,3-6H2,1-2H3,(H,14,15). The van der Waals surface area contributed by atoms with Crippen LogP contribution in [0.1, 0.15) is 24.2 Å². The van der Waals surface area contributed by atoms with Crippen molar-refractivity contribution >= 4 is 5.69 Å². The number of rotatable bonds is 2. The minimum absolute atomic E-state index is 0.618. The molecule has 0 aromatic carbocycles. The van der Waals surface area contributed by atoms with Crippen molar-refractivity contribution in [2.75, 3.05) is 18.4 Å². The van der Waals surface area contributed by atoms with Crippen LogP contribution in [0.25, 0.3) is 0 Å². The van der Waals surface area contributed by atoms with Gasteiger partial charge in [-0.05, 0) is 51.9 Å². The minimum Gasteiger partial charge on any atom is -0.382 e. The molecule has 1 saturated heterocycles. The molecule has 3 nitrogen and oxygen atoms in total. The van der Waals surface area contributed by atoms with Crippen LogP contribution < -0.4 is 10.6 Å². The molecule has 1 aliphatic heterocycles. The molecule has 0 saturated carbocycles. The van der Waals surface area contributed by atoms with Gasteiger partial charge in [0.25, 0.3) is 0 Å². The summed E-state index contributed by atoms with van der Waals surface area (Å²) >= 11 is 0. The Morgan fingerprint density at radius 1 is 1.20 bits per heavy atom. The molecule has 0 radical (unpaired) electrons. The highest BCUT2D eigenvalue weighted by Gasteiger charge is 2.12. The first-order valence-electron chi connectivity index (χ1n) is 5.66. The van der Waals surface area contributed by atoms with E-state index in [4.69, 9.17) is 0 Å². The van der Waals surface area contributed by atoms with Crippen LogP contribution in [0.15, 0.2) is 12.1 Å². The lowest BCUT2D eigenvalue weighted by Gasteiger charge is -2.24. The largest absolute Gasteiger partial charge is 0.382 e. The van der Waals surface area contributed by atoms with Crippen LogP contribution in [0.4, 0.5) is 5.69 Å². The zero-order chi connectivity index (χ0) is 10.7. The number of aromatic nitrogens is 1. The first-order valence-corrected chi connectivity index (χ1v) is 5.66. The van der Waals surface area contributed by atoms with Crippen LogP contribution in [0.2, 0.25) is 0 Å². The maximum absolute atomic E-state index is 4.38. The van der Waals surface area contributed by atoms with Crippen LogP contribution in [0.5, 0.6) is 0 Å². The van der Waals surface area contributed by atoms with Gasteiger partial charge in [-0.1, -0.05) is 0 Å². The van der Waals surface area contributed by atoms with Crippen molar-refractivity contribution < 1.29 is 0 Å². The second kappa shape index (κ2) is 4.62. The molecule has 0 bridgehead atoms. The molecule has 82 valence electrons. The molecule has 1 aromatic heterocycles. The normalized spacial score (nSPS) is 17.7. The number of nitrogens with zero attached hydrogens (tertiary/aromatic N) is 1. The Labute approximate surface area is 91.3 Å². The summed E-state index contributed by atoms with van der Waals surface area (Å²) in [6, 6.07) is 4.86. The highest BCUT2D eigenvalue weighted by atomic mass is 15.0. The van der Waals surface area contributed by atoms with E-state index in [1.54, 1.807) is 0 Å². The summed E-state index contributed by atoms with van der Waals surface area (Å²) in [5, 5.41) is 6.95. The third-order valence-corrected chi connectivity index (χ3v) is 2.79. The first kappa shape index (κ1) is 10.4. The Kier molecular flexibility index (Phi) is 3.21. The van der Waals surface area contributed by atoms with Gasteiger partial charge in [0.2, 0.25) is 0 Å². The second-order valence-corrected chi connectivity index (χ2v) is 4.31. The molecule has 2 heterocycles. The van der Waals surface area contributed by atoms with Gasteiger partial charge in [-0.2, -0.15) is 0 Å². The van der Waals surface area contributed by atoms with E-state index in [0.717, 1.165) is 24.5 Å². The zero-order valence-corrected chi connectivity index (χ0v) is 9.51. The highest BCUT2D eigenvalue weighted by molar-refractivity contribution is 5.46. The van der Waals surface area contributed by atoms with Gasteiger partial charge in [-0.3, -0.25) is 4.98 Å². The predicted octanol–water partition coefficient (Wildman–Crippen LogP) is 1.86. The molecule has 0 atom stereocenters. The fourth-order valence-electron chi connectivity index (χ4n) is 2.12. The van der Waals surface area contributed by atoms with Crippen LogP contribution in [-0.4, -0.2) is 24.1 Å². The van der Waals surface area contributed by atoms with Gasteiger partial charge in [0.15, 0.2) is 0 Å². The molecule has 0 spiro atoms. The summed E-state index contributed by atoms with van der Waals surface area (Å²) in [5.74, 6) is 0. The summed E-state index contributed by atoms with van der Waals surface area (Å²) in [7, 11) is 0. The Hall–Kier alpha value is -1.09. The molecule has 0 unspecified atom stereocenters. The van der Waals surface area contributed by atoms with Crippen molar-refractivity contribution in [2.24, 2.45) is 0 Å². The van der Waals surface area contributed by atoms with Crippen LogP contribution in [0, 0.1) is 13.8 Å². The van der Waals surface area contributed by atoms with Gasteiger partial charge in [0.1, 0.15) is 0 Å². The van der Waals surface area contributed by atoms with E-state index in [-0.39, 0.29) is 0 Å². The van der Waals surface area contributed by atoms with Crippen molar-refractivity contribution in [1.82, 2.24) is 10.3 Å². The van der Waals surface area contributed by atoms with Crippen LogP contribution in [0.3, 0.4) is 0 Å². The molecule has 2 rings (SSSR count). The molecule has 0 amide bonds. The smallest absolute Gasteiger partial charge is 0.0396 e. The number of hydrogen-bond acceptors (Lipinski definition) is 3. The van der Waals surface area contributed by atoms with Gasteiger partial charge in [0.05, 0.1) is 0 Å². The lowest BCUT2D eigenvalue weighted by atomic mass is 10.1. The third kappa shape index (κ3) is 2.93. The van der Waals surface area contributed by atoms with E-state index in [1.165, 1.54) is 18.5 Å². The molecule has 1 fully saturated rings. The quantitative estimate of drug-likeness (QED) is 0.774. The molecule has 1 aliphatic rings. The maximum atomic E-state index is 4.38. The van der Waals surface area contributed by atoms with E-state index in [1.807, 2.05) is 13.8 Å². The van der Waals surface area contributed by atoms with E-state index >= 15 is 0 Å². The van der Waals surface area contributed by atoms with Crippen molar-refractivity contribution in [3.8, 4) is 0 Å². The summed E-state index contributed by atoms with van der Waals surface area (Å²) < 4.78 is 0. The summed E-state index contributed by atoms with van der Waals surface area (Å²) in [4.78, 5) is 4.38. The van der Waals surface area contributed by atoms with Crippen LogP contribution >= 0.6 is 0 Å². The Morgan fingerprint density at radius 2 is 1.80 bits per heavy atom. The topological polar surface area (TPSA) is 37.0 Å². The van der Waals surface area contributed by atoms with Gasteiger partial charge < -0.3 is 10.6 Å². The summed E-state index contributed by atoms with van der Waals surface area (Å²) in [6.07, 6.45) is 2.42. The monoisotopic (exact) mass is 205 g/mol. The number of nitrogens with one attached hydrogen (secondary N) is 2. The lowest BCUT2D eigenvalue weighted by Crippen LogP contribution is -2.35. The number of anilines is 1. The molecular weight excluding hydrogens is 186 g/mol. The number of aryl methyl sites for hydroxylation is 2. The average molecular weight is 205 g/mol. The second-order valence-electron chi connectivity index (χ2n) is 4.31.